The van der Waals surface area contributed by atoms with Crippen LogP contribution in [0.5, 0.6) is 0 Å². The van der Waals surface area contributed by atoms with E-state index in [0.29, 0.717) is 41.9 Å². The smallest absolute Gasteiger partial charge is 0.325 e. The van der Waals surface area contributed by atoms with E-state index >= 15 is 0 Å². The zero-order chi connectivity index (χ0) is 13.1. The number of carboxylic acids is 1. The fourth-order valence-electron chi connectivity index (χ4n) is 2.08. The monoisotopic (exact) mass is 289 g/mol. The SMILES string of the molecule is O=C(O)C(c1cc(Cl)cc(Cl)c1)N1CCOCC1. The van der Waals surface area contributed by atoms with Gasteiger partial charge in [-0.1, -0.05) is 23.2 Å². The topological polar surface area (TPSA) is 49.8 Å². The number of ether oxygens (including phenoxy) is 1. The molecule has 0 saturated carbocycles. The van der Waals surface area contributed by atoms with Crippen LogP contribution in [0.3, 0.4) is 0 Å². The van der Waals surface area contributed by atoms with Crippen LogP contribution in [-0.4, -0.2) is 42.3 Å². The van der Waals surface area contributed by atoms with Crippen LogP contribution in [0.25, 0.3) is 0 Å². The fraction of sp³-hybridized carbons (Fsp3) is 0.417. The molecule has 1 N–H and O–H groups in total. The predicted octanol–water partition coefficient (Wildman–Crippen LogP) is 2.45. The van der Waals surface area contributed by atoms with Crippen LogP contribution < -0.4 is 0 Å². The normalized spacial score (nSPS) is 18.6. The highest BCUT2D eigenvalue weighted by atomic mass is 35.5. The van der Waals surface area contributed by atoms with Crippen LogP contribution in [0.1, 0.15) is 11.6 Å². The summed E-state index contributed by atoms with van der Waals surface area (Å²) >= 11 is 11.8. The summed E-state index contributed by atoms with van der Waals surface area (Å²) in [6.45, 7) is 2.25. The van der Waals surface area contributed by atoms with E-state index in [1.54, 1.807) is 18.2 Å². The molecule has 1 aromatic rings. The van der Waals surface area contributed by atoms with Gasteiger partial charge in [-0.2, -0.15) is 0 Å². The molecule has 2 rings (SSSR count). The first kappa shape index (κ1) is 13.6. The summed E-state index contributed by atoms with van der Waals surface area (Å²) in [5, 5.41) is 10.3. The largest absolute Gasteiger partial charge is 0.480 e. The van der Waals surface area contributed by atoms with E-state index in [1.807, 2.05) is 4.90 Å². The van der Waals surface area contributed by atoms with Gasteiger partial charge in [-0.3, -0.25) is 9.69 Å². The number of hydrogen-bond donors (Lipinski definition) is 1. The minimum atomic E-state index is -0.907. The molecule has 1 saturated heterocycles. The highest BCUT2D eigenvalue weighted by Crippen LogP contribution is 2.28. The number of benzene rings is 1. The van der Waals surface area contributed by atoms with Crippen molar-refractivity contribution in [2.75, 3.05) is 26.3 Å². The fourth-order valence-corrected chi connectivity index (χ4v) is 2.62. The maximum absolute atomic E-state index is 11.5. The molecule has 98 valence electrons. The van der Waals surface area contributed by atoms with Crippen LogP contribution >= 0.6 is 23.2 Å². The first-order chi connectivity index (χ1) is 8.58. The minimum absolute atomic E-state index is 0.442. The van der Waals surface area contributed by atoms with E-state index in [2.05, 4.69) is 0 Å². The van der Waals surface area contributed by atoms with Gasteiger partial charge in [-0.05, 0) is 23.8 Å². The predicted molar refractivity (Wildman–Crippen MR) is 69.2 cm³/mol. The van der Waals surface area contributed by atoms with Crippen LogP contribution in [0, 0.1) is 0 Å². The number of hydrogen-bond acceptors (Lipinski definition) is 3. The van der Waals surface area contributed by atoms with Gasteiger partial charge < -0.3 is 9.84 Å². The standard InChI is InChI=1S/C12H13Cl2NO3/c13-9-5-8(6-10(14)7-9)11(12(16)17)15-1-3-18-4-2-15/h5-7,11H,1-4H2,(H,16,17). The van der Waals surface area contributed by atoms with Crippen LogP contribution in [-0.2, 0) is 9.53 Å². The van der Waals surface area contributed by atoms with E-state index < -0.39 is 12.0 Å². The number of halogens is 2. The Morgan fingerprint density at radius 1 is 1.22 bits per heavy atom. The summed E-state index contributed by atoms with van der Waals surface area (Å²) in [5.74, 6) is -0.907. The molecule has 0 bridgehead atoms. The average Bonchev–Trinajstić information content (AvgIpc) is 2.28. The Kier molecular flexibility index (Phi) is 4.45. The Balaban J connectivity index is 2.31. The highest BCUT2D eigenvalue weighted by Gasteiger charge is 2.29. The van der Waals surface area contributed by atoms with Gasteiger partial charge in [-0.25, -0.2) is 0 Å². The van der Waals surface area contributed by atoms with Crippen molar-refractivity contribution in [3.63, 3.8) is 0 Å². The molecular weight excluding hydrogens is 277 g/mol. The minimum Gasteiger partial charge on any atom is -0.480 e. The van der Waals surface area contributed by atoms with Gasteiger partial charge in [0.25, 0.3) is 0 Å². The molecule has 1 unspecified atom stereocenters. The van der Waals surface area contributed by atoms with Crippen LogP contribution in [0.15, 0.2) is 18.2 Å². The summed E-state index contributed by atoms with van der Waals surface area (Å²) in [6, 6.07) is 4.14. The third-order valence-electron chi connectivity index (χ3n) is 2.85. The zero-order valence-corrected chi connectivity index (χ0v) is 11.1. The number of nitrogens with zero attached hydrogens (tertiary/aromatic N) is 1. The Labute approximate surface area is 115 Å². The third kappa shape index (κ3) is 3.14. The first-order valence-electron chi connectivity index (χ1n) is 5.58. The van der Waals surface area contributed by atoms with Gasteiger partial charge in [0.2, 0.25) is 0 Å². The summed E-state index contributed by atoms with van der Waals surface area (Å²) in [6.07, 6.45) is 0. The van der Waals surface area contributed by atoms with Gasteiger partial charge in [0.15, 0.2) is 0 Å². The molecule has 0 amide bonds. The summed E-state index contributed by atoms with van der Waals surface area (Å²) in [4.78, 5) is 13.3. The molecule has 1 aromatic carbocycles. The van der Waals surface area contributed by atoms with Crippen molar-refractivity contribution in [1.82, 2.24) is 4.90 Å². The Bertz CT molecular complexity index is 427. The van der Waals surface area contributed by atoms with Crippen molar-refractivity contribution >= 4 is 29.2 Å². The summed E-state index contributed by atoms with van der Waals surface area (Å²) in [7, 11) is 0. The molecule has 18 heavy (non-hydrogen) atoms. The van der Waals surface area contributed by atoms with E-state index in [9.17, 15) is 9.90 Å². The van der Waals surface area contributed by atoms with Gasteiger partial charge >= 0.3 is 5.97 Å². The number of morpholine rings is 1. The molecular formula is C12H13Cl2NO3. The van der Waals surface area contributed by atoms with Crippen molar-refractivity contribution < 1.29 is 14.6 Å². The number of aliphatic carboxylic acids is 1. The van der Waals surface area contributed by atoms with Crippen molar-refractivity contribution in [2.24, 2.45) is 0 Å². The van der Waals surface area contributed by atoms with E-state index in [1.165, 1.54) is 0 Å². The maximum Gasteiger partial charge on any atom is 0.325 e. The van der Waals surface area contributed by atoms with Gasteiger partial charge in [0, 0.05) is 23.1 Å². The molecule has 1 atom stereocenters. The molecule has 0 aromatic heterocycles. The molecule has 0 aliphatic carbocycles. The molecule has 6 heteroatoms. The molecule has 0 radical (unpaired) electrons. The second-order valence-electron chi connectivity index (χ2n) is 4.09. The first-order valence-corrected chi connectivity index (χ1v) is 6.34. The number of carboxylic acid groups (broad SMARTS) is 1. The molecule has 0 spiro atoms. The van der Waals surface area contributed by atoms with E-state index in [4.69, 9.17) is 27.9 Å². The lowest BCUT2D eigenvalue weighted by Gasteiger charge is -2.32. The Hall–Kier alpha value is -0.810. The van der Waals surface area contributed by atoms with Gasteiger partial charge in [0.1, 0.15) is 6.04 Å². The second kappa shape index (κ2) is 5.89. The number of carbonyl (C=O) groups is 1. The molecule has 1 fully saturated rings. The van der Waals surface area contributed by atoms with Crippen molar-refractivity contribution in [2.45, 2.75) is 6.04 Å². The molecule has 4 nitrogen and oxygen atoms in total. The van der Waals surface area contributed by atoms with Crippen molar-refractivity contribution in [3.05, 3.63) is 33.8 Å². The highest BCUT2D eigenvalue weighted by molar-refractivity contribution is 6.34. The van der Waals surface area contributed by atoms with Gasteiger partial charge in [0.05, 0.1) is 13.2 Å². The average molecular weight is 290 g/mol. The lowest BCUT2D eigenvalue weighted by atomic mass is 10.0. The molecule has 1 aliphatic rings. The van der Waals surface area contributed by atoms with Crippen LogP contribution in [0.2, 0.25) is 10.0 Å². The Morgan fingerprint density at radius 3 is 2.28 bits per heavy atom. The van der Waals surface area contributed by atoms with Crippen LogP contribution in [0.4, 0.5) is 0 Å². The summed E-state index contributed by atoms with van der Waals surface area (Å²) in [5.41, 5.74) is 0.599. The Morgan fingerprint density at radius 2 is 1.78 bits per heavy atom. The van der Waals surface area contributed by atoms with E-state index in [0.717, 1.165) is 0 Å². The second-order valence-corrected chi connectivity index (χ2v) is 4.96. The van der Waals surface area contributed by atoms with E-state index in [-0.39, 0.29) is 0 Å². The van der Waals surface area contributed by atoms with Crippen molar-refractivity contribution in [1.29, 1.82) is 0 Å². The van der Waals surface area contributed by atoms with Gasteiger partial charge in [-0.15, -0.1) is 0 Å². The zero-order valence-electron chi connectivity index (χ0n) is 9.60. The lowest BCUT2D eigenvalue weighted by Crippen LogP contribution is -2.42. The van der Waals surface area contributed by atoms with Crippen molar-refractivity contribution in [3.8, 4) is 0 Å². The lowest BCUT2D eigenvalue weighted by molar-refractivity contribution is -0.145. The molecule has 1 heterocycles. The summed E-state index contributed by atoms with van der Waals surface area (Å²) < 4.78 is 5.23. The maximum atomic E-state index is 11.5. The molecule has 1 aliphatic heterocycles. The number of rotatable bonds is 3. The quantitative estimate of drug-likeness (QED) is 0.929. The third-order valence-corrected chi connectivity index (χ3v) is 3.28.